The van der Waals surface area contributed by atoms with Crippen LogP contribution in [0.4, 0.5) is 0 Å². The van der Waals surface area contributed by atoms with Crippen LogP contribution < -0.4 is 11.1 Å². The van der Waals surface area contributed by atoms with Crippen molar-refractivity contribution in [2.24, 2.45) is 10.7 Å². The van der Waals surface area contributed by atoms with Crippen molar-refractivity contribution in [1.82, 2.24) is 10.2 Å². The first-order valence-corrected chi connectivity index (χ1v) is 7.80. The molecule has 0 saturated carbocycles. The lowest BCUT2D eigenvalue weighted by atomic mass is 10.0. The van der Waals surface area contributed by atoms with Gasteiger partial charge in [-0.1, -0.05) is 30.3 Å². The Morgan fingerprint density at radius 3 is 2.43 bits per heavy atom. The molecule has 1 fully saturated rings. The van der Waals surface area contributed by atoms with E-state index in [1.165, 1.54) is 5.56 Å². The van der Waals surface area contributed by atoms with Crippen LogP contribution >= 0.6 is 0 Å². The van der Waals surface area contributed by atoms with Crippen molar-refractivity contribution >= 4 is 5.96 Å². The molecule has 0 radical (unpaired) electrons. The lowest BCUT2D eigenvalue weighted by Gasteiger charge is -2.31. The molecule has 0 amide bonds. The molecule has 116 valence electrons. The van der Waals surface area contributed by atoms with Crippen molar-refractivity contribution in [2.45, 2.75) is 51.7 Å². The third kappa shape index (κ3) is 5.76. The van der Waals surface area contributed by atoms with Gasteiger partial charge in [0.1, 0.15) is 0 Å². The second-order valence-electron chi connectivity index (χ2n) is 6.88. The molecule has 0 unspecified atom stereocenters. The van der Waals surface area contributed by atoms with Gasteiger partial charge in [-0.25, -0.2) is 0 Å². The minimum Gasteiger partial charge on any atom is -0.370 e. The van der Waals surface area contributed by atoms with Crippen LogP contribution in [-0.2, 0) is 6.54 Å². The van der Waals surface area contributed by atoms with E-state index >= 15 is 0 Å². The Morgan fingerprint density at radius 1 is 1.24 bits per heavy atom. The van der Waals surface area contributed by atoms with E-state index in [1.54, 1.807) is 0 Å². The summed E-state index contributed by atoms with van der Waals surface area (Å²) >= 11 is 0. The zero-order valence-electron chi connectivity index (χ0n) is 13.5. The molecule has 3 N–H and O–H groups in total. The molecule has 0 spiro atoms. The van der Waals surface area contributed by atoms with Gasteiger partial charge in [0, 0.05) is 25.2 Å². The quantitative estimate of drug-likeness (QED) is 0.663. The topological polar surface area (TPSA) is 53.6 Å². The number of hydrogen-bond donors (Lipinski definition) is 2. The second kappa shape index (κ2) is 6.94. The van der Waals surface area contributed by atoms with E-state index in [-0.39, 0.29) is 5.54 Å². The molecule has 4 nitrogen and oxygen atoms in total. The Kier molecular flexibility index (Phi) is 5.23. The Labute approximate surface area is 128 Å². The van der Waals surface area contributed by atoms with Crippen LogP contribution in [0.2, 0.25) is 0 Å². The summed E-state index contributed by atoms with van der Waals surface area (Å²) in [6, 6.07) is 11.0. The Bertz CT molecular complexity index is 453. The number of nitrogens with one attached hydrogen (secondary N) is 1. The number of benzene rings is 1. The molecule has 0 atom stereocenters. The average molecular weight is 288 g/mol. The number of rotatable bonds is 3. The SMILES string of the molecule is CC(C)(C)NC(N)=NC1CCN(Cc2ccccc2)CC1. The lowest BCUT2D eigenvalue weighted by molar-refractivity contribution is 0.206. The van der Waals surface area contributed by atoms with Crippen molar-refractivity contribution in [3.63, 3.8) is 0 Å². The summed E-state index contributed by atoms with van der Waals surface area (Å²) in [5, 5.41) is 3.23. The molecule has 2 rings (SSSR count). The largest absolute Gasteiger partial charge is 0.370 e. The van der Waals surface area contributed by atoms with Crippen molar-refractivity contribution in [3.05, 3.63) is 35.9 Å². The van der Waals surface area contributed by atoms with E-state index in [1.807, 2.05) is 0 Å². The van der Waals surface area contributed by atoms with Crippen LogP contribution in [0.5, 0.6) is 0 Å². The van der Waals surface area contributed by atoms with Crippen LogP contribution in [0.3, 0.4) is 0 Å². The van der Waals surface area contributed by atoms with Gasteiger partial charge in [-0.15, -0.1) is 0 Å². The number of piperidine rings is 1. The highest BCUT2D eigenvalue weighted by atomic mass is 15.2. The second-order valence-corrected chi connectivity index (χ2v) is 6.88. The first-order chi connectivity index (χ1) is 9.92. The van der Waals surface area contributed by atoms with Gasteiger partial charge < -0.3 is 11.1 Å². The van der Waals surface area contributed by atoms with E-state index in [0.29, 0.717) is 12.0 Å². The minimum absolute atomic E-state index is 0.0262. The maximum Gasteiger partial charge on any atom is 0.189 e. The van der Waals surface area contributed by atoms with Crippen LogP contribution in [-0.4, -0.2) is 35.5 Å². The molecule has 0 aromatic heterocycles. The number of aliphatic imine (C=N–C) groups is 1. The Hall–Kier alpha value is -1.55. The molecule has 1 saturated heterocycles. The molecular formula is C17H28N4. The average Bonchev–Trinajstić information content (AvgIpc) is 2.40. The van der Waals surface area contributed by atoms with Gasteiger partial charge >= 0.3 is 0 Å². The van der Waals surface area contributed by atoms with Gasteiger partial charge in [-0.2, -0.15) is 0 Å². The minimum atomic E-state index is -0.0262. The number of nitrogens with zero attached hydrogens (tertiary/aromatic N) is 2. The predicted molar refractivity (Wildman–Crippen MR) is 89.3 cm³/mol. The van der Waals surface area contributed by atoms with Crippen LogP contribution in [0, 0.1) is 0 Å². The molecular weight excluding hydrogens is 260 g/mol. The molecule has 1 aromatic rings. The summed E-state index contributed by atoms with van der Waals surface area (Å²) in [5.41, 5.74) is 7.33. The smallest absolute Gasteiger partial charge is 0.189 e. The highest BCUT2D eigenvalue weighted by molar-refractivity contribution is 5.78. The standard InChI is InChI=1S/C17H28N4/c1-17(2,3)20-16(18)19-15-9-11-21(12-10-15)13-14-7-5-4-6-8-14/h4-8,15H,9-13H2,1-3H3,(H3,18,19,20). The van der Waals surface area contributed by atoms with Gasteiger partial charge in [0.15, 0.2) is 5.96 Å². The van der Waals surface area contributed by atoms with E-state index in [0.717, 1.165) is 32.5 Å². The highest BCUT2D eigenvalue weighted by Gasteiger charge is 2.19. The fourth-order valence-corrected chi connectivity index (χ4v) is 2.66. The third-order valence-electron chi connectivity index (χ3n) is 3.63. The molecule has 1 heterocycles. The van der Waals surface area contributed by atoms with Crippen LogP contribution in [0.25, 0.3) is 0 Å². The van der Waals surface area contributed by atoms with Crippen LogP contribution in [0.15, 0.2) is 35.3 Å². The number of nitrogens with two attached hydrogens (primary N) is 1. The summed E-state index contributed by atoms with van der Waals surface area (Å²) in [7, 11) is 0. The maximum atomic E-state index is 5.97. The van der Waals surface area contributed by atoms with E-state index in [2.05, 4.69) is 66.3 Å². The first kappa shape index (κ1) is 15.8. The fraction of sp³-hybridized carbons (Fsp3) is 0.588. The maximum absolute atomic E-state index is 5.97. The Morgan fingerprint density at radius 2 is 1.86 bits per heavy atom. The van der Waals surface area contributed by atoms with Gasteiger partial charge in [0.05, 0.1) is 6.04 Å². The van der Waals surface area contributed by atoms with E-state index in [4.69, 9.17) is 5.73 Å². The lowest BCUT2D eigenvalue weighted by Crippen LogP contribution is -2.46. The predicted octanol–water partition coefficient (Wildman–Crippen LogP) is 2.35. The van der Waals surface area contributed by atoms with Crippen LogP contribution in [0.1, 0.15) is 39.2 Å². The molecule has 4 heteroatoms. The van der Waals surface area contributed by atoms with Gasteiger partial charge in [0.25, 0.3) is 0 Å². The monoisotopic (exact) mass is 288 g/mol. The third-order valence-corrected chi connectivity index (χ3v) is 3.63. The van der Waals surface area contributed by atoms with E-state index in [9.17, 15) is 0 Å². The van der Waals surface area contributed by atoms with Gasteiger partial charge in [-0.05, 0) is 39.2 Å². The zero-order chi connectivity index (χ0) is 15.3. The summed E-state index contributed by atoms with van der Waals surface area (Å²) in [5.74, 6) is 0.573. The van der Waals surface area contributed by atoms with Crippen molar-refractivity contribution in [1.29, 1.82) is 0 Å². The zero-order valence-corrected chi connectivity index (χ0v) is 13.5. The molecule has 1 aliphatic rings. The Balaban J connectivity index is 1.79. The van der Waals surface area contributed by atoms with Crippen molar-refractivity contribution < 1.29 is 0 Å². The fourth-order valence-electron chi connectivity index (χ4n) is 2.66. The molecule has 0 aliphatic carbocycles. The summed E-state index contributed by atoms with van der Waals surface area (Å²) in [6.07, 6.45) is 2.17. The number of likely N-dealkylation sites (tertiary alicyclic amines) is 1. The molecule has 21 heavy (non-hydrogen) atoms. The number of guanidine groups is 1. The summed E-state index contributed by atoms with van der Waals surface area (Å²) < 4.78 is 0. The molecule has 1 aromatic carbocycles. The van der Waals surface area contributed by atoms with Gasteiger partial charge in [-0.3, -0.25) is 9.89 Å². The first-order valence-electron chi connectivity index (χ1n) is 7.80. The normalized spacial score (nSPS) is 18.7. The van der Waals surface area contributed by atoms with E-state index < -0.39 is 0 Å². The molecule has 0 bridgehead atoms. The van der Waals surface area contributed by atoms with Gasteiger partial charge in [0.2, 0.25) is 0 Å². The highest BCUT2D eigenvalue weighted by Crippen LogP contribution is 2.16. The number of hydrogen-bond acceptors (Lipinski definition) is 2. The molecule has 1 aliphatic heterocycles. The summed E-state index contributed by atoms with van der Waals surface area (Å²) in [6.45, 7) is 9.50. The van der Waals surface area contributed by atoms with Crippen molar-refractivity contribution in [2.75, 3.05) is 13.1 Å². The summed E-state index contributed by atoms with van der Waals surface area (Å²) in [4.78, 5) is 7.11. The van der Waals surface area contributed by atoms with Crippen molar-refractivity contribution in [3.8, 4) is 0 Å².